The van der Waals surface area contributed by atoms with Gasteiger partial charge in [0.05, 0.1) is 0 Å². The van der Waals surface area contributed by atoms with E-state index in [0.29, 0.717) is 12.1 Å². The van der Waals surface area contributed by atoms with E-state index in [-0.39, 0.29) is 0 Å². The monoisotopic (exact) mass is 219 g/mol. The Balaban J connectivity index is 2.14. The summed E-state index contributed by atoms with van der Waals surface area (Å²) in [6, 6.07) is 3.91. The van der Waals surface area contributed by atoms with E-state index >= 15 is 0 Å². The minimum absolute atomic E-state index is 0.541. The van der Waals surface area contributed by atoms with E-state index < -0.39 is 5.66 Å². The molecule has 0 bridgehead atoms. The van der Waals surface area contributed by atoms with Crippen LogP contribution in [0.3, 0.4) is 0 Å². The lowest BCUT2D eigenvalue weighted by molar-refractivity contribution is 0.375. The van der Waals surface area contributed by atoms with Crippen LogP contribution in [0.15, 0.2) is 40.6 Å². The number of allylic oxidation sites excluding steroid dienone is 2. The average Bonchev–Trinajstić information content (AvgIpc) is 2.70. The quantitative estimate of drug-likeness (QED) is 0.708. The molecule has 1 aliphatic heterocycles. The van der Waals surface area contributed by atoms with Gasteiger partial charge in [0.2, 0.25) is 0 Å². The molecule has 0 saturated heterocycles. The van der Waals surface area contributed by atoms with E-state index in [4.69, 9.17) is 15.9 Å². The molecule has 86 valence electrons. The van der Waals surface area contributed by atoms with Gasteiger partial charge in [0.1, 0.15) is 17.2 Å². The Labute approximate surface area is 95.0 Å². The van der Waals surface area contributed by atoms with Crippen LogP contribution in [-0.4, -0.2) is 5.66 Å². The molecule has 0 radical (unpaired) electrons. The molecule has 1 aromatic rings. The molecule has 0 aromatic carbocycles. The zero-order valence-corrected chi connectivity index (χ0v) is 9.36. The van der Waals surface area contributed by atoms with Crippen LogP contribution in [0.4, 0.5) is 0 Å². The van der Waals surface area contributed by atoms with Gasteiger partial charge < -0.3 is 21.2 Å². The summed E-state index contributed by atoms with van der Waals surface area (Å²) in [7, 11) is 0. The molecule has 5 N–H and O–H groups in total. The molecule has 0 spiro atoms. The van der Waals surface area contributed by atoms with E-state index in [1.807, 2.05) is 18.2 Å². The molecule has 1 atom stereocenters. The van der Waals surface area contributed by atoms with Gasteiger partial charge in [-0.2, -0.15) is 0 Å². The van der Waals surface area contributed by atoms with Gasteiger partial charge >= 0.3 is 0 Å². The third kappa shape index (κ3) is 1.97. The third-order valence-corrected chi connectivity index (χ3v) is 2.75. The van der Waals surface area contributed by atoms with Crippen molar-refractivity contribution < 1.29 is 4.42 Å². The molecule has 4 nitrogen and oxygen atoms in total. The Hall–Kier alpha value is -1.68. The zero-order valence-electron chi connectivity index (χ0n) is 9.36. The van der Waals surface area contributed by atoms with Gasteiger partial charge in [-0.3, -0.25) is 0 Å². The van der Waals surface area contributed by atoms with Gasteiger partial charge in [0.15, 0.2) is 0 Å². The highest BCUT2D eigenvalue weighted by Gasteiger charge is 2.29. The number of nitrogens with two attached hydrogens (primary N) is 2. The number of furan rings is 1. The van der Waals surface area contributed by atoms with Crippen molar-refractivity contribution in [2.45, 2.75) is 25.4 Å². The molecule has 4 heteroatoms. The highest BCUT2D eigenvalue weighted by Crippen LogP contribution is 2.18. The van der Waals surface area contributed by atoms with Gasteiger partial charge in [-0.15, -0.1) is 0 Å². The molecule has 1 aliphatic rings. The summed E-state index contributed by atoms with van der Waals surface area (Å²) in [5.74, 6) is 1.81. The lowest BCUT2D eigenvalue weighted by Crippen LogP contribution is -2.57. The van der Waals surface area contributed by atoms with Crippen LogP contribution in [0.25, 0.3) is 0 Å². The molecule has 1 aromatic heterocycles. The fourth-order valence-electron chi connectivity index (χ4n) is 1.72. The molecule has 16 heavy (non-hydrogen) atoms. The minimum atomic E-state index is -0.738. The Morgan fingerprint density at radius 1 is 1.38 bits per heavy atom. The fraction of sp³-hybridized carbons (Fsp3) is 0.333. The molecule has 2 rings (SSSR count). The van der Waals surface area contributed by atoms with Crippen molar-refractivity contribution in [1.29, 1.82) is 0 Å². The SMILES string of the molecule is CCc1ccc(CC2(N)NC=CC=C2N)o1. The van der Waals surface area contributed by atoms with E-state index in [1.165, 1.54) is 0 Å². The van der Waals surface area contributed by atoms with Crippen molar-refractivity contribution in [2.75, 3.05) is 0 Å². The normalized spacial score (nSPS) is 24.0. The highest BCUT2D eigenvalue weighted by atomic mass is 16.3. The summed E-state index contributed by atoms with van der Waals surface area (Å²) in [5.41, 5.74) is 11.9. The van der Waals surface area contributed by atoms with E-state index in [9.17, 15) is 0 Å². The summed E-state index contributed by atoms with van der Waals surface area (Å²) in [6.07, 6.45) is 6.86. The second kappa shape index (κ2) is 4.06. The highest BCUT2D eigenvalue weighted by molar-refractivity contribution is 5.28. The van der Waals surface area contributed by atoms with Crippen molar-refractivity contribution in [3.8, 4) is 0 Å². The molecule has 0 saturated carbocycles. The minimum Gasteiger partial charge on any atom is -0.466 e. The van der Waals surface area contributed by atoms with Crippen molar-refractivity contribution >= 4 is 0 Å². The Morgan fingerprint density at radius 3 is 2.75 bits per heavy atom. The van der Waals surface area contributed by atoms with Crippen molar-refractivity contribution in [3.63, 3.8) is 0 Å². The van der Waals surface area contributed by atoms with Gasteiger partial charge in [0, 0.05) is 18.5 Å². The fourth-order valence-corrected chi connectivity index (χ4v) is 1.72. The van der Waals surface area contributed by atoms with Crippen molar-refractivity contribution in [3.05, 3.63) is 47.7 Å². The van der Waals surface area contributed by atoms with Crippen LogP contribution in [0, 0.1) is 0 Å². The number of nitrogens with one attached hydrogen (secondary N) is 1. The molecular formula is C12H17N3O. The topological polar surface area (TPSA) is 77.2 Å². The lowest BCUT2D eigenvalue weighted by Gasteiger charge is -2.31. The third-order valence-electron chi connectivity index (χ3n) is 2.75. The largest absolute Gasteiger partial charge is 0.466 e. The first-order valence-corrected chi connectivity index (χ1v) is 5.41. The molecule has 0 aliphatic carbocycles. The van der Waals surface area contributed by atoms with Crippen LogP contribution in [0.1, 0.15) is 18.4 Å². The maximum absolute atomic E-state index is 6.17. The van der Waals surface area contributed by atoms with Crippen molar-refractivity contribution in [2.24, 2.45) is 11.5 Å². The van der Waals surface area contributed by atoms with Crippen LogP contribution in [0.5, 0.6) is 0 Å². The van der Waals surface area contributed by atoms with E-state index in [2.05, 4.69) is 12.2 Å². The van der Waals surface area contributed by atoms with Crippen LogP contribution < -0.4 is 16.8 Å². The standard InChI is InChI=1S/C12H17N3O/c1-2-9-5-6-10(16-9)8-12(14)11(13)4-3-7-15-12/h3-7,15H,2,8,13-14H2,1H3. The summed E-state index contributed by atoms with van der Waals surface area (Å²) >= 11 is 0. The first-order valence-electron chi connectivity index (χ1n) is 5.41. The first-order chi connectivity index (χ1) is 7.64. The number of rotatable bonds is 3. The number of hydrogen-bond acceptors (Lipinski definition) is 4. The second-order valence-electron chi connectivity index (χ2n) is 4.00. The molecular weight excluding hydrogens is 202 g/mol. The smallest absolute Gasteiger partial charge is 0.133 e. The molecule has 1 unspecified atom stereocenters. The number of dihydropyridines is 1. The first kappa shape index (κ1) is 10.8. The predicted octanol–water partition coefficient (Wildman–Crippen LogP) is 0.999. The maximum Gasteiger partial charge on any atom is 0.133 e. The van der Waals surface area contributed by atoms with Gasteiger partial charge in [0.25, 0.3) is 0 Å². The summed E-state index contributed by atoms with van der Waals surface area (Å²) in [5, 5.41) is 3.06. The average molecular weight is 219 g/mol. The number of hydrogen-bond donors (Lipinski definition) is 3. The van der Waals surface area contributed by atoms with Crippen molar-refractivity contribution in [1.82, 2.24) is 5.32 Å². The lowest BCUT2D eigenvalue weighted by atomic mass is 9.99. The van der Waals surface area contributed by atoms with Crippen LogP contribution >= 0.6 is 0 Å². The summed E-state index contributed by atoms with van der Waals surface area (Å²) in [4.78, 5) is 0. The number of aryl methyl sites for hydroxylation is 1. The molecule has 2 heterocycles. The van der Waals surface area contributed by atoms with E-state index in [0.717, 1.165) is 17.9 Å². The Morgan fingerprint density at radius 2 is 2.12 bits per heavy atom. The second-order valence-corrected chi connectivity index (χ2v) is 4.00. The zero-order chi connectivity index (χ0) is 11.6. The van der Waals surface area contributed by atoms with E-state index in [1.54, 1.807) is 12.3 Å². The van der Waals surface area contributed by atoms with Crippen LogP contribution in [0.2, 0.25) is 0 Å². The molecule has 0 fully saturated rings. The Bertz CT molecular complexity index is 433. The van der Waals surface area contributed by atoms with Crippen LogP contribution in [-0.2, 0) is 12.8 Å². The van der Waals surface area contributed by atoms with Gasteiger partial charge in [-0.1, -0.05) is 6.92 Å². The summed E-state index contributed by atoms with van der Waals surface area (Å²) < 4.78 is 5.62. The maximum atomic E-state index is 6.17. The summed E-state index contributed by atoms with van der Waals surface area (Å²) in [6.45, 7) is 2.05. The molecule has 0 amide bonds. The van der Waals surface area contributed by atoms with Gasteiger partial charge in [-0.25, -0.2) is 0 Å². The predicted molar refractivity (Wildman–Crippen MR) is 63.3 cm³/mol. The Kier molecular flexibility index (Phi) is 2.75. The van der Waals surface area contributed by atoms with Gasteiger partial charge in [-0.05, 0) is 30.5 Å².